The van der Waals surface area contributed by atoms with Gasteiger partial charge in [0.2, 0.25) is 11.8 Å². The number of anilines is 1. The third-order valence-electron chi connectivity index (χ3n) is 6.59. The first-order valence-corrected chi connectivity index (χ1v) is 11.8. The lowest BCUT2D eigenvalue weighted by Gasteiger charge is -2.35. The van der Waals surface area contributed by atoms with Gasteiger partial charge < -0.3 is 15.5 Å². The highest BCUT2D eigenvalue weighted by Gasteiger charge is 2.29. The van der Waals surface area contributed by atoms with Crippen molar-refractivity contribution in [1.82, 2.24) is 30.2 Å². The highest BCUT2D eigenvalue weighted by Crippen LogP contribution is 2.32. The number of carbonyl (C=O) groups is 2. The van der Waals surface area contributed by atoms with Crippen LogP contribution >= 0.6 is 0 Å². The van der Waals surface area contributed by atoms with Crippen molar-refractivity contribution < 1.29 is 14.0 Å². The average molecular weight is 466 g/mol. The second-order valence-electron chi connectivity index (χ2n) is 9.04. The van der Waals surface area contributed by atoms with Gasteiger partial charge in [0.25, 0.3) is 5.78 Å². The second kappa shape index (κ2) is 9.36. The van der Waals surface area contributed by atoms with Gasteiger partial charge in [-0.2, -0.15) is 14.6 Å². The molecule has 3 aromatic rings. The quantitative estimate of drug-likeness (QED) is 0.573. The van der Waals surface area contributed by atoms with E-state index in [4.69, 9.17) is 0 Å². The van der Waals surface area contributed by atoms with Crippen LogP contribution in [0, 0.1) is 5.82 Å². The molecule has 34 heavy (non-hydrogen) atoms. The molecule has 2 aliphatic rings. The summed E-state index contributed by atoms with van der Waals surface area (Å²) in [4.78, 5) is 36.0. The van der Waals surface area contributed by atoms with E-state index >= 15 is 0 Å². The Hall–Kier alpha value is -3.56. The Kier molecular flexibility index (Phi) is 6.12. The SMILES string of the molecule is CC(=O)NC(Cc1cccc(F)c1)C(=O)NC1CCN(c2c3c(nc4ncnn24)CCC3)CC1. The van der Waals surface area contributed by atoms with Crippen LogP contribution in [-0.2, 0) is 28.9 Å². The van der Waals surface area contributed by atoms with Crippen molar-refractivity contribution in [2.45, 2.75) is 57.5 Å². The third kappa shape index (κ3) is 4.57. The Labute approximate surface area is 196 Å². The van der Waals surface area contributed by atoms with Crippen LogP contribution in [-0.4, -0.2) is 56.6 Å². The van der Waals surface area contributed by atoms with Gasteiger partial charge in [-0.15, -0.1) is 0 Å². The van der Waals surface area contributed by atoms with Gasteiger partial charge in [-0.1, -0.05) is 12.1 Å². The highest BCUT2D eigenvalue weighted by atomic mass is 19.1. The van der Waals surface area contributed by atoms with Crippen LogP contribution in [0.3, 0.4) is 0 Å². The molecule has 2 amide bonds. The van der Waals surface area contributed by atoms with E-state index in [9.17, 15) is 14.0 Å². The Bertz CT molecular complexity index is 1220. The van der Waals surface area contributed by atoms with Crippen LogP contribution < -0.4 is 15.5 Å². The van der Waals surface area contributed by atoms with E-state index in [1.54, 1.807) is 12.1 Å². The summed E-state index contributed by atoms with van der Waals surface area (Å²) in [5.41, 5.74) is 3.02. The first kappa shape index (κ1) is 22.2. The number of amides is 2. The van der Waals surface area contributed by atoms with E-state index in [-0.39, 0.29) is 30.1 Å². The number of hydrogen-bond acceptors (Lipinski definition) is 6. The molecule has 1 fully saturated rings. The number of aryl methyl sites for hydroxylation is 1. The lowest BCUT2D eigenvalue weighted by molar-refractivity contribution is -0.128. The largest absolute Gasteiger partial charge is 0.356 e. The average Bonchev–Trinajstić information content (AvgIpc) is 3.46. The van der Waals surface area contributed by atoms with E-state index in [1.165, 1.54) is 30.9 Å². The fourth-order valence-corrected chi connectivity index (χ4v) is 5.02. The van der Waals surface area contributed by atoms with E-state index < -0.39 is 6.04 Å². The second-order valence-corrected chi connectivity index (χ2v) is 9.04. The van der Waals surface area contributed by atoms with Crippen molar-refractivity contribution in [3.8, 4) is 0 Å². The van der Waals surface area contributed by atoms with Gasteiger partial charge >= 0.3 is 0 Å². The van der Waals surface area contributed by atoms with Crippen LogP contribution in [0.15, 0.2) is 30.6 Å². The zero-order valence-electron chi connectivity index (χ0n) is 19.1. The fraction of sp³-hybridized carbons (Fsp3) is 0.458. The van der Waals surface area contributed by atoms with Crippen LogP contribution in [0.25, 0.3) is 5.78 Å². The number of piperidine rings is 1. The van der Waals surface area contributed by atoms with Crippen molar-refractivity contribution in [1.29, 1.82) is 0 Å². The normalized spacial score (nSPS) is 16.9. The number of aromatic nitrogens is 4. The van der Waals surface area contributed by atoms with Gasteiger partial charge in [0, 0.05) is 38.0 Å². The summed E-state index contributed by atoms with van der Waals surface area (Å²) >= 11 is 0. The molecule has 3 heterocycles. The maximum atomic E-state index is 13.6. The molecular formula is C24H28FN7O2. The predicted octanol–water partition coefficient (Wildman–Crippen LogP) is 1.58. The number of nitrogens with one attached hydrogen (secondary N) is 2. The summed E-state index contributed by atoms with van der Waals surface area (Å²) in [6, 6.07) is 5.34. The smallest absolute Gasteiger partial charge is 0.254 e. The maximum Gasteiger partial charge on any atom is 0.254 e. The minimum Gasteiger partial charge on any atom is -0.356 e. The maximum absolute atomic E-state index is 13.6. The molecule has 0 bridgehead atoms. The van der Waals surface area contributed by atoms with E-state index in [1.807, 2.05) is 4.52 Å². The summed E-state index contributed by atoms with van der Waals surface area (Å²) in [5.74, 6) is 0.788. The van der Waals surface area contributed by atoms with Crippen LogP contribution in [0.5, 0.6) is 0 Å². The van der Waals surface area contributed by atoms with Gasteiger partial charge in [0.15, 0.2) is 0 Å². The minimum atomic E-state index is -0.754. The number of hydrogen-bond donors (Lipinski definition) is 2. The summed E-state index contributed by atoms with van der Waals surface area (Å²) in [6.07, 6.45) is 6.35. The molecule has 5 rings (SSSR count). The Morgan fingerprint density at radius 1 is 1.24 bits per heavy atom. The molecule has 1 aliphatic carbocycles. The van der Waals surface area contributed by atoms with E-state index in [0.29, 0.717) is 11.3 Å². The molecule has 10 heteroatoms. The first-order valence-electron chi connectivity index (χ1n) is 11.8. The van der Waals surface area contributed by atoms with Gasteiger partial charge in [0.1, 0.15) is 24.0 Å². The molecule has 2 aromatic heterocycles. The van der Waals surface area contributed by atoms with Crippen molar-refractivity contribution >= 4 is 23.4 Å². The number of nitrogens with zero attached hydrogens (tertiary/aromatic N) is 5. The molecule has 1 atom stereocenters. The Morgan fingerprint density at radius 3 is 2.82 bits per heavy atom. The molecule has 1 aromatic carbocycles. The third-order valence-corrected chi connectivity index (χ3v) is 6.59. The van der Waals surface area contributed by atoms with Crippen molar-refractivity contribution in [3.63, 3.8) is 0 Å². The monoisotopic (exact) mass is 465 g/mol. The van der Waals surface area contributed by atoms with Crippen LogP contribution in [0.2, 0.25) is 0 Å². The topological polar surface area (TPSA) is 105 Å². The zero-order valence-corrected chi connectivity index (χ0v) is 19.1. The van der Waals surface area contributed by atoms with Gasteiger partial charge in [0.05, 0.1) is 5.69 Å². The van der Waals surface area contributed by atoms with Crippen molar-refractivity contribution in [2.75, 3.05) is 18.0 Å². The number of rotatable bonds is 6. The number of halogens is 1. The van der Waals surface area contributed by atoms with Crippen molar-refractivity contribution in [3.05, 3.63) is 53.2 Å². The summed E-state index contributed by atoms with van der Waals surface area (Å²) < 4.78 is 15.4. The van der Waals surface area contributed by atoms with Gasteiger partial charge in [-0.3, -0.25) is 9.59 Å². The molecule has 1 unspecified atom stereocenters. The first-order chi connectivity index (χ1) is 16.5. The standard InChI is InChI=1S/C24H28FN7O2/c1-15(33)28-21(13-16-4-2-5-17(25)12-16)22(34)29-18-8-10-31(11-9-18)23-19-6-3-7-20(19)30-24-26-14-27-32(23)24/h2,4-5,12,14,18,21H,3,6-11,13H2,1H3,(H,28,33)(H,29,34). The van der Waals surface area contributed by atoms with E-state index in [2.05, 4.69) is 30.6 Å². The Balaban J connectivity index is 1.25. The number of carbonyl (C=O) groups excluding carboxylic acids is 2. The summed E-state index contributed by atoms with van der Waals surface area (Å²) in [5, 5.41) is 10.2. The van der Waals surface area contributed by atoms with Gasteiger partial charge in [-0.05, 0) is 49.8 Å². The lowest BCUT2D eigenvalue weighted by atomic mass is 10.0. The molecule has 178 valence electrons. The molecule has 1 aliphatic heterocycles. The van der Waals surface area contributed by atoms with Crippen molar-refractivity contribution in [2.24, 2.45) is 0 Å². The number of fused-ring (bicyclic) bond motifs is 2. The zero-order chi connectivity index (χ0) is 23.7. The molecule has 9 nitrogen and oxygen atoms in total. The molecule has 0 radical (unpaired) electrons. The van der Waals surface area contributed by atoms with Crippen LogP contribution in [0.4, 0.5) is 10.2 Å². The number of benzene rings is 1. The lowest BCUT2D eigenvalue weighted by Crippen LogP contribution is -2.52. The summed E-state index contributed by atoms with van der Waals surface area (Å²) in [6.45, 7) is 2.92. The van der Waals surface area contributed by atoms with E-state index in [0.717, 1.165) is 56.7 Å². The molecule has 0 saturated carbocycles. The fourth-order valence-electron chi connectivity index (χ4n) is 5.02. The molecular weight excluding hydrogens is 437 g/mol. The highest BCUT2D eigenvalue weighted by molar-refractivity contribution is 5.87. The molecule has 0 spiro atoms. The molecule has 1 saturated heterocycles. The predicted molar refractivity (Wildman–Crippen MR) is 124 cm³/mol. The molecule has 2 N–H and O–H groups in total. The summed E-state index contributed by atoms with van der Waals surface area (Å²) in [7, 11) is 0. The van der Waals surface area contributed by atoms with Gasteiger partial charge in [-0.25, -0.2) is 9.37 Å². The minimum absolute atomic E-state index is 0.00589. The Morgan fingerprint density at radius 2 is 2.06 bits per heavy atom. The van der Waals surface area contributed by atoms with Crippen LogP contribution in [0.1, 0.15) is 43.0 Å².